The Morgan fingerprint density at radius 3 is 2.11 bits per heavy atom. The molecule has 1 unspecified atom stereocenters. The highest BCUT2D eigenvalue weighted by Crippen LogP contribution is 2.29. The molecule has 2 N–H and O–H groups in total. The zero-order chi connectivity index (χ0) is 38.4. The van der Waals surface area contributed by atoms with E-state index in [1.165, 1.54) is 6.92 Å². The molecule has 0 bridgehead atoms. The Kier molecular flexibility index (Phi) is 17.2. The lowest BCUT2D eigenvalue weighted by Crippen LogP contribution is -2.33. The number of aryl methyl sites for hydroxylation is 1. The van der Waals surface area contributed by atoms with Crippen LogP contribution in [0.5, 0.6) is 5.75 Å². The van der Waals surface area contributed by atoms with Gasteiger partial charge in [0.1, 0.15) is 19.0 Å². The number of carbonyl (C=O) groups excluding carboxylic acids is 4. The number of carbonyl (C=O) groups is 4. The minimum absolute atomic E-state index is 0.135. The number of anilines is 2. The summed E-state index contributed by atoms with van der Waals surface area (Å²) >= 11 is 0. The fourth-order valence-electron chi connectivity index (χ4n) is 4.82. The third-order valence-corrected chi connectivity index (χ3v) is 7.72. The van der Waals surface area contributed by atoms with Crippen molar-refractivity contribution in [2.75, 3.05) is 37.1 Å². The summed E-state index contributed by atoms with van der Waals surface area (Å²) in [6.07, 6.45) is 2.16. The first-order chi connectivity index (χ1) is 25.6. The molecule has 0 saturated heterocycles. The minimum atomic E-state index is -0.986. The fourth-order valence-corrected chi connectivity index (χ4v) is 4.82. The predicted molar refractivity (Wildman–Crippen MR) is 200 cm³/mol. The maximum Gasteiger partial charge on any atom is 0.412 e. The maximum atomic E-state index is 13.0. The molecule has 1 saturated carbocycles. The van der Waals surface area contributed by atoms with E-state index >= 15 is 0 Å². The quantitative estimate of drug-likeness (QED) is 0.0961. The SMILES string of the molecule is C=CC(=O)OCC1CCC(COC(=O)Nc2ccc(C)c(NC(=O)OC(COC(=O)C(=C)C)COc3ccc(C#CC#CC#CC#CC)cc3)c2)CC1. The van der Waals surface area contributed by atoms with Gasteiger partial charge in [-0.2, -0.15) is 0 Å². The van der Waals surface area contributed by atoms with E-state index in [1.807, 2.05) is 0 Å². The molecule has 1 aliphatic rings. The molecule has 1 atom stereocenters. The van der Waals surface area contributed by atoms with Crippen LogP contribution in [0.4, 0.5) is 21.0 Å². The standard InChI is InChI=1S/C42H42N2O9/c1-6-8-9-10-11-12-13-14-32-20-23-36(24-21-32)49-28-37(29-51-40(46)30(3)4)53-42(48)44-38-25-35(22-15-31(38)5)43-41(47)52-27-34-18-16-33(17-19-34)26-50-39(45)7-2/h7,15,20-25,33-34,37H,2-3,16-19,26-29H2,1,4-5H3,(H,43,47)(H,44,48). The molecule has 274 valence electrons. The van der Waals surface area contributed by atoms with E-state index < -0.39 is 30.2 Å². The lowest BCUT2D eigenvalue weighted by molar-refractivity contribution is -0.142. The van der Waals surface area contributed by atoms with Crippen LogP contribution in [0.1, 0.15) is 50.7 Å². The van der Waals surface area contributed by atoms with Gasteiger partial charge in [-0.1, -0.05) is 31.1 Å². The van der Waals surface area contributed by atoms with Crippen LogP contribution >= 0.6 is 0 Å². The Hall–Kier alpha value is -6.56. The highest BCUT2D eigenvalue weighted by atomic mass is 16.6. The second-order valence-electron chi connectivity index (χ2n) is 12.0. The molecule has 11 heteroatoms. The lowest BCUT2D eigenvalue weighted by atomic mass is 9.83. The van der Waals surface area contributed by atoms with Gasteiger partial charge in [0, 0.05) is 28.6 Å². The Bertz CT molecular complexity index is 1900. The van der Waals surface area contributed by atoms with E-state index in [0.29, 0.717) is 34.9 Å². The van der Waals surface area contributed by atoms with Crippen molar-refractivity contribution >= 4 is 35.5 Å². The third kappa shape index (κ3) is 15.9. The van der Waals surface area contributed by atoms with Gasteiger partial charge in [-0.05, 0) is 136 Å². The normalized spacial score (nSPS) is 14.5. The smallest absolute Gasteiger partial charge is 0.412 e. The predicted octanol–water partition coefficient (Wildman–Crippen LogP) is 6.58. The van der Waals surface area contributed by atoms with Crippen molar-refractivity contribution in [2.24, 2.45) is 11.8 Å². The summed E-state index contributed by atoms with van der Waals surface area (Å²) in [7, 11) is 0. The van der Waals surface area contributed by atoms with Crippen LogP contribution in [0, 0.1) is 66.1 Å². The first-order valence-corrected chi connectivity index (χ1v) is 16.9. The van der Waals surface area contributed by atoms with Gasteiger partial charge in [-0.25, -0.2) is 19.2 Å². The number of ether oxygens (including phenoxy) is 5. The molecule has 11 nitrogen and oxygen atoms in total. The second kappa shape index (κ2) is 22.3. The molecule has 53 heavy (non-hydrogen) atoms. The Labute approximate surface area is 310 Å². The maximum absolute atomic E-state index is 13.0. The molecular weight excluding hydrogens is 676 g/mol. The van der Waals surface area contributed by atoms with Crippen molar-refractivity contribution in [3.8, 4) is 53.1 Å². The van der Waals surface area contributed by atoms with Crippen molar-refractivity contribution in [3.05, 3.63) is 78.4 Å². The van der Waals surface area contributed by atoms with Gasteiger partial charge < -0.3 is 23.7 Å². The van der Waals surface area contributed by atoms with Crippen molar-refractivity contribution in [1.82, 2.24) is 0 Å². The molecule has 2 aromatic carbocycles. The number of benzene rings is 2. The molecule has 0 aromatic heterocycles. The average Bonchev–Trinajstić information content (AvgIpc) is 3.15. The van der Waals surface area contributed by atoms with Gasteiger partial charge >= 0.3 is 24.1 Å². The summed E-state index contributed by atoms with van der Waals surface area (Å²) in [5.74, 6) is 21.1. The molecule has 3 rings (SSSR count). The van der Waals surface area contributed by atoms with Crippen molar-refractivity contribution in [1.29, 1.82) is 0 Å². The van der Waals surface area contributed by atoms with Crippen LogP contribution < -0.4 is 15.4 Å². The topological polar surface area (TPSA) is 138 Å². The van der Waals surface area contributed by atoms with E-state index in [-0.39, 0.29) is 37.2 Å². The highest BCUT2D eigenvalue weighted by molar-refractivity contribution is 5.90. The van der Waals surface area contributed by atoms with Gasteiger partial charge in [-0.15, -0.1) is 0 Å². The van der Waals surface area contributed by atoms with Gasteiger partial charge in [0.15, 0.2) is 6.10 Å². The molecule has 2 aromatic rings. The zero-order valence-corrected chi connectivity index (χ0v) is 30.1. The number of esters is 2. The van der Waals surface area contributed by atoms with E-state index in [4.69, 9.17) is 23.7 Å². The number of amides is 2. The first kappa shape index (κ1) is 40.9. The van der Waals surface area contributed by atoms with Crippen LogP contribution in [0.25, 0.3) is 0 Å². The summed E-state index contributed by atoms with van der Waals surface area (Å²) in [5, 5.41) is 5.36. The Morgan fingerprint density at radius 2 is 1.47 bits per heavy atom. The van der Waals surface area contributed by atoms with Crippen LogP contribution in [-0.2, 0) is 28.5 Å². The van der Waals surface area contributed by atoms with Gasteiger partial charge in [0.05, 0.1) is 13.2 Å². The van der Waals surface area contributed by atoms with E-state index in [9.17, 15) is 19.2 Å². The summed E-state index contributed by atoms with van der Waals surface area (Å²) in [4.78, 5) is 49.0. The van der Waals surface area contributed by atoms with Crippen molar-refractivity contribution in [3.63, 3.8) is 0 Å². The Morgan fingerprint density at radius 1 is 0.830 bits per heavy atom. The molecular formula is C42H42N2O9. The molecule has 0 spiro atoms. The van der Waals surface area contributed by atoms with Crippen LogP contribution in [0.15, 0.2) is 67.3 Å². The molecule has 0 radical (unpaired) electrons. The number of nitrogens with one attached hydrogen (secondary N) is 2. The molecule has 0 heterocycles. The third-order valence-electron chi connectivity index (χ3n) is 7.72. The number of hydrogen-bond acceptors (Lipinski definition) is 9. The summed E-state index contributed by atoms with van der Waals surface area (Å²) < 4.78 is 27.2. The van der Waals surface area contributed by atoms with E-state index in [0.717, 1.165) is 31.8 Å². The summed E-state index contributed by atoms with van der Waals surface area (Å²) in [6, 6.07) is 11.8. The van der Waals surface area contributed by atoms with Crippen LogP contribution in [0.2, 0.25) is 0 Å². The minimum Gasteiger partial charge on any atom is -0.490 e. The number of rotatable bonds is 14. The summed E-state index contributed by atoms with van der Waals surface area (Å²) in [6.45, 7) is 12.1. The Balaban J connectivity index is 1.53. The van der Waals surface area contributed by atoms with Crippen LogP contribution in [0.3, 0.4) is 0 Å². The first-order valence-electron chi connectivity index (χ1n) is 16.9. The zero-order valence-electron chi connectivity index (χ0n) is 30.1. The number of hydrogen-bond donors (Lipinski definition) is 2. The van der Waals surface area contributed by atoms with E-state index in [1.54, 1.807) is 56.3 Å². The summed E-state index contributed by atoms with van der Waals surface area (Å²) in [5.41, 5.74) is 2.36. The molecule has 2 amide bonds. The highest BCUT2D eigenvalue weighted by Gasteiger charge is 2.24. The van der Waals surface area contributed by atoms with Gasteiger partial charge in [0.2, 0.25) is 0 Å². The van der Waals surface area contributed by atoms with Crippen molar-refractivity contribution < 1.29 is 42.9 Å². The molecule has 1 fully saturated rings. The largest absolute Gasteiger partial charge is 0.490 e. The molecule has 0 aliphatic heterocycles. The van der Waals surface area contributed by atoms with E-state index in [2.05, 4.69) is 71.2 Å². The van der Waals surface area contributed by atoms with Gasteiger partial charge in [0.25, 0.3) is 0 Å². The molecule has 1 aliphatic carbocycles. The average molecular weight is 719 g/mol. The monoisotopic (exact) mass is 718 g/mol. The van der Waals surface area contributed by atoms with Crippen LogP contribution in [-0.4, -0.2) is 56.7 Å². The van der Waals surface area contributed by atoms with Gasteiger partial charge in [-0.3, -0.25) is 10.6 Å². The second-order valence-corrected chi connectivity index (χ2v) is 12.0. The van der Waals surface area contributed by atoms with Crippen molar-refractivity contribution in [2.45, 2.75) is 52.6 Å². The fraction of sp³-hybridized carbons (Fsp3) is 0.333. The lowest BCUT2D eigenvalue weighted by Gasteiger charge is -2.27.